The number of carbonyl (C=O) groups is 2. The molecule has 6 nitrogen and oxygen atoms in total. The first-order valence-corrected chi connectivity index (χ1v) is 9.76. The van der Waals surface area contributed by atoms with E-state index in [9.17, 15) is 9.59 Å². The number of aromatic nitrogens is 1. The van der Waals surface area contributed by atoms with Crippen LogP contribution < -0.4 is 5.43 Å². The van der Waals surface area contributed by atoms with Gasteiger partial charge in [0.2, 0.25) is 0 Å². The highest BCUT2D eigenvalue weighted by Gasteiger charge is 2.13. The number of hydrogen-bond acceptors (Lipinski definition) is 3. The molecule has 0 aliphatic heterocycles. The molecular formula is C22H19Cl2N3O3. The van der Waals surface area contributed by atoms with Gasteiger partial charge >= 0.3 is 5.97 Å². The maximum Gasteiger partial charge on any atom is 0.335 e. The molecule has 0 unspecified atom stereocenters. The van der Waals surface area contributed by atoms with E-state index in [1.54, 1.807) is 36.5 Å². The molecular weight excluding hydrogens is 425 g/mol. The molecule has 1 heterocycles. The molecule has 0 spiro atoms. The van der Waals surface area contributed by atoms with Crippen molar-refractivity contribution in [3.63, 3.8) is 0 Å². The summed E-state index contributed by atoms with van der Waals surface area (Å²) in [6.45, 7) is 5.74. The van der Waals surface area contributed by atoms with Crippen LogP contribution in [0, 0.1) is 20.8 Å². The highest BCUT2D eigenvalue weighted by Crippen LogP contribution is 2.24. The number of rotatable bonds is 5. The van der Waals surface area contributed by atoms with Crippen molar-refractivity contribution in [1.29, 1.82) is 0 Å². The van der Waals surface area contributed by atoms with Crippen molar-refractivity contribution in [3.05, 3.63) is 86.2 Å². The summed E-state index contributed by atoms with van der Waals surface area (Å²) in [5, 5.41) is 13.9. The lowest BCUT2D eigenvalue weighted by Gasteiger charge is -2.13. The van der Waals surface area contributed by atoms with Gasteiger partial charge in [0.25, 0.3) is 5.91 Å². The van der Waals surface area contributed by atoms with Crippen LogP contribution in [0.1, 0.15) is 43.2 Å². The molecule has 0 saturated heterocycles. The SMILES string of the molecule is Cc1cc(C(=O)O)ccc1-n1c(C)cc(/C=N\NC(=O)c2ccc(Cl)c(Cl)c2)c1C. The summed E-state index contributed by atoms with van der Waals surface area (Å²) >= 11 is 11.8. The van der Waals surface area contributed by atoms with Crippen LogP contribution in [0.15, 0.2) is 47.6 Å². The van der Waals surface area contributed by atoms with Crippen molar-refractivity contribution in [2.75, 3.05) is 0 Å². The summed E-state index contributed by atoms with van der Waals surface area (Å²) in [7, 11) is 0. The second-order valence-corrected chi connectivity index (χ2v) is 7.61. The van der Waals surface area contributed by atoms with Gasteiger partial charge in [-0.3, -0.25) is 4.79 Å². The van der Waals surface area contributed by atoms with E-state index in [1.165, 1.54) is 6.07 Å². The summed E-state index contributed by atoms with van der Waals surface area (Å²) in [6.07, 6.45) is 1.56. The minimum Gasteiger partial charge on any atom is -0.478 e. The van der Waals surface area contributed by atoms with Gasteiger partial charge in [0.15, 0.2) is 0 Å². The Balaban J connectivity index is 1.83. The molecule has 0 atom stereocenters. The molecule has 30 heavy (non-hydrogen) atoms. The Morgan fingerprint density at radius 2 is 1.70 bits per heavy atom. The fraction of sp³-hybridized carbons (Fsp3) is 0.136. The van der Waals surface area contributed by atoms with Crippen molar-refractivity contribution in [3.8, 4) is 5.69 Å². The van der Waals surface area contributed by atoms with E-state index < -0.39 is 11.9 Å². The molecule has 0 bridgehead atoms. The number of aromatic carboxylic acids is 1. The monoisotopic (exact) mass is 443 g/mol. The zero-order valence-corrected chi connectivity index (χ0v) is 18.0. The number of aryl methyl sites for hydroxylation is 2. The predicted octanol–water partition coefficient (Wildman–Crippen LogP) is 5.17. The number of halogens is 2. The van der Waals surface area contributed by atoms with Gasteiger partial charge in [-0.1, -0.05) is 23.2 Å². The predicted molar refractivity (Wildman–Crippen MR) is 118 cm³/mol. The van der Waals surface area contributed by atoms with Crippen molar-refractivity contribution >= 4 is 41.3 Å². The van der Waals surface area contributed by atoms with Gasteiger partial charge in [0.05, 0.1) is 21.8 Å². The normalized spacial score (nSPS) is 11.1. The van der Waals surface area contributed by atoms with E-state index in [4.69, 9.17) is 28.3 Å². The number of carboxylic acids is 1. The molecule has 0 radical (unpaired) electrons. The van der Waals surface area contributed by atoms with Crippen LogP contribution in [0.4, 0.5) is 0 Å². The quantitative estimate of drug-likeness (QED) is 0.421. The minimum absolute atomic E-state index is 0.241. The lowest BCUT2D eigenvalue weighted by molar-refractivity contribution is 0.0696. The Morgan fingerprint density at radius 3 is 2.33 bits per heavy atom. The van der Waals surface area contributed by atoms with Gasteiger partial charge in [-0.05, 0) is 68.8 Å². The third-order valence-corrected chi connectivity index (χ3v) is 5.45. The molecule has 3 rings (SSSR count). The average molecular weight is 444 g/mol. The lowest BCUT2D eigenvalue weighted by Crippen LogP contribution is -2.17. The number of nitrogens with zero attached hydrogens (tertiary/aromatic N) is 2. The van der Waals surface area contributed by atoms with Crippen molar-refractivity contribution in [2.24, 2.45) is 5.10 Å². The van der Waals surface area contributed by atoms with E-state index in [-0.39, 0.29) is 5.56 Å². The van der Waals surface area contributed by atoms with Gasteiger partial charge in [0.1, 0.15) is 0 Å². The topological polar surface area (TPSA) is 83.7 Å². The fourth-order valence-electron chi connectivity index (χ4n) is 3.19. The van der Waals surface area contributed by atoms with Crippen molar-refractivity contribution in [2.45, 2.75) is 20.8 Å². The van der Waals surface area contributed by atoms with E-state index in [0.717, 1.165) is 28.2 Å². The van der Waals surface area contributed by atoms with Crippen LogP contribution in [0.3, 0.4) is 0 Å². The molecule has 0 fully saturated rings. The van der Waals surface area contributed by atoms with Crippen LogP contribution >= 0.6 is 23.2 Å². The highest BCUT2D eigenvalue weighted by molar-refractivity contribution is 6.42. The zero-order valence-electron chi connectivity index (χ0n) is 16.5. The number of benzene rings is 2. The number of carboxylic acid groups (broad SMARTS) is 1. The van der Waals surface area contributed by atoms with Gasteiger partial charge < -0.3 is 9.67 Å². The van der Waals surface area contributed by atoms with Crippen molar-refractivity contribution in [1.82, 2.24) is 9.99 Å². The molecule has 8 heteroatoms. The minimum atomic E-state index is -0.962. The summed E-state index contributed by atoms with van der Waals surface area (Å²) < 4.78 is 2.02. The van der Waals surface area contributed by atoms with E-state index in [0.29, 0.717) is 15.6 Å². The maximum absolute atomic E-state index is 12.2. The number of carbonyl (C=O) groups excluding carboxylic acids is 1. The first-order valence-electron chi connectivity index (χ1n) is 9.00. The van der Waals surface area contributed by atoms with Crippen LogP contribution in [-0.4, -0.2) is 27.8 Å². The smallest absolute Gasteiger partial charge is 0.335 e. The van der Waals surface area contributed by atoms with Gasteiger partial charge in [-0.2, -0.15) is 5.10 Å². The van der Waals surface area contributed by atoms with E-state index in [1.807, 2.05) is 31.4 Å². The van der Waals surface area contributed by atoms with E-state index in [2.05, 4.69) is 10.5 Å². The standard InChI is InChI=1S/C22H19Cl2N3O3/c1-12-8-16(22(29)30)5-7-20(12)27-13(2)9-17(14(27)3)11-25-26-21(28)15-4-6-18(23)19(24)10-15/h4-11H,1-3H3,(H,26,28)(H,29,30)/b25-11-. The van der Waals surface area contributed by atoms with Crippen LogP contribution in [0.5, 0.6) is 0 Å². The third kappa shape index (κ3) is 4.40. The van der Waals surface area contributed by atoms with Crippen LogP contribution in [0.2, 0.25) is 10.0 Å². The lowest BCUT2D eigenvalue weighted by atomic mass is 10.1. The number of amides is 1. The molecule has 154 valence electrons. The van der Waals surface area contributed by atoms with Crippen molar-refractivity contribution < 1.29 is 14.7 Å². The largest absolute Gasteiger partial charge is 0.478 e. The maximum atomic E-state index is 12.2. The third-order valence-electron chi connectivity index (χ3n) is 4.71. The van der Waals surface area contributed by atoms with Crippen LogP contribution in [-0.2, 0) is 0 Å². The Bertz CT molecular complexity index is 1180. The first kappa shape index (κ1) is 21.6. The Hall–Kier alpha value is -3.09. The summed E-state index contributed by atoms with van der Waals surface area (Å²) in [4.78, 5) is 23.4. The van der Waals surface area contributed by atoms with Gasteiger partial charge in [0, 0.05) is 28.2 Å². The zero-order chi connectivity index (χ0) is 22.0. The molecule has 1 aromatic heterocycles. The van der Waals surface area contributed by atoms with Gasteiger partial charge in [-0.15, -0.1) is 0 Å². The molecule has 3 aromatic rings. The Kier molecular flexibility index (Phi) is 6.29. The molecule has 2 aromatic carbocycles. The summed E-state index contributed by atoms with van der Waals surface area (Å²) in [5.74, 6) is -1.37. The Morgan fingerprint density at radius 1 is 1.00 bits per heavy atom. The van der Waals surface area contributed by atoms with Crippen LogP contribution in [0.25, 0.3) is 5.69 Å². The fourth-order valence-corrected chi connectivity index (χ4v) is 3.49. The summed E-state index contributed by atoms with van der Waals surface area (Å²) in [6, 6.07) is 11.5. The molecule has 0 aliphatic rings. The number of hydrogen-bond donors (Lipinski definition) is 2. The number of nitrogens with one attached hydrogen (secondary N) is 1. The first-order chi connectivity index (χ1) is 14.2. The molecule has 0 saturated carbocycles. The highest BCUT2D eigenvalue weighted by atomic mass is 35.5. The number of hydrazone groups is 1. The second-order valence-electron chi connectivity index (χ2n) is 6.80. The molecule has 0 aliphatic carbocycles. The van der Waals surface area contributed by atoms with Gasteiger partial charge in [-0.25, -0.2) is 10.2 Å². The Labute approximate surface area is 183 Å². The average Bonchev–Trinajstić information content (AvgIpc) is 2.97. The second kappa shape index (κ2) is 8.73. The van der Waals surface area contributed by atoms with E-state index >= 15 is 0 Å². The molecule has 2 N–H and O–H groups in total. The summed E-state index contributed by atoms with van der Waals surface area (Å²) in [5.41, 5.74) is 7.48. The molecule has 1 amide bonds.